The minimum Gasteiger partial charge on any atom is -0.460 e. The fourth-order valence-corrected chi connectivity index (χ4v) is 5.06. The summed E-state index contributed by atoms with van der Waals surface area (Å²) >= 11 is 3.45. The molecule has 4 aromatic rings. The summed E-state index contributed by atoms with van der Waals surface area (Å²) in [6.45, 7) is 1.69. The van der Waals surface area contributed by atoms with Crippen LogP contribution < -0.4 is 0 Å². The molecular weight excluding hydrogens is 388 g/mol. The maximum atomic E-state index is 13.2. The van der Waals surface area contributed by atoms with Crippen LogP contribution in [0.25, 0.3) is 21.7 Å². The van der Waals surface area contributed by atoms with Crippen LogP contribution in [0.2, 0.25) is 0 Å². The van der Waals surface area contributed by atoms with Crippen molar-refractivity contribution in [1.29, 1.82) is 0 Å². The van der Waals surface area contributed by atoms with Crippen LogP contribution in [0.5, 0.6) is 0 Å². The molecule has 0 aliphatic rings. The van der Waals surface area contributed by atoms with E-state index in [9.17, 15) is 8.42 Å². The monoisotopic (exact) mass is 400 g/mol. The first kappa shape index (κ1) is 15.4. The highest BCUT2D eigenvalue weighted by molar-refractivity contribution is 9.10. The smallest absolute Gasteiger partial charge is 0.210 e. The Balaban J connectivity index is 2.14. The molecule has 24 heavy (non-hydrogen) atoms. The maximum absolute atomic E-state index is 13.2. The van der Waals surface area contributed by atoms with Crippen LogP contribution >= 0.6 is 15.9 Å². The van der Waals surface area contributed by atoms with Crippen LogP contribution in [0.15, 0.2) is 79.3 Å². The lowest BCUT2D eigenvalue weighted by Gasteiger charge is -2.06. The standard InChI is InChI=1S/C19H13BrO3S/c1-12-19(24(21,22)15-5-3-2-4-6-15)18-16-9-8-14(20)11-13(16)7-10-17(18)23-12/h2-11H,1H3. The number of hydrogen-bond acceptors (Lipinski definition) is 3. The van der Waals surface area contributed by atoms with Crippen LogP contribution in [0.1, 0.15) is 5.76 Å². The van der Waals surface area contributed by atoms with E-state index in [0.29, 0.717) is 16.7 Å². The summed E-state index contributed by atoms with van der Waals surface area (Å²) < 4.78 is 33.0. The molecule has 3 aromatic carbocycles. The van der Waals surface area contributed by atoms with E-state index in [1.165, 1.54) is 0 Å². The largest absolute Gasteiger partial charge is 0.460 e. The van der Waals surface area contributed by atoms with Crippen molar-refractivity contribution in [3.8, 4) is 0 Å². The first-order valence-corrected chi connectivity index (χ1v) is 9.67. The molecule has 0 unspecified atom stereocenters. The van der Waals surface area contributed by atoms with Crippen molar-refractivity contribution in [2.24, 2.45) is 0 Å². The zero-order valence-corrected chi connectivity index (χ0v) is 15.2. The zero-order chi connectivity index (χ0) is 16.9. The number of fused-ring (bicyclic) bond motifs is 3. The van der Waals surface area contributed by atoms with Gasteiger partial charge in [0.25, 0.3) is 0 Å². The molecule has 0 saturated carbocycles. The molecule has 0 N–H and O–H groups in total. The minimum absolute atomic E-state index is 0.247. The molecule has 0 spiro atoms. The molecule has 5 heteroatoms. The lowest BCUT2D eigenvalue weighted by atomic mass is 10.1. The van der Waals surface area contributed by atoms with Crippen molar-refractivity contribution in [2.75, 3.05) is 0 Å². The summed E-state index contributed by atoms with van der Waals surface area (Å²) in [6.07, 6.45) is 0. The fourth-order valence-electron chi connectivity index (χ4n) is 3.03. The van der Waals surface area contributed by atoms with Gasteiger partial charge in [0.05, 0.1) is 4.90 Å². The van der Waals surface area contributed by atoms with Gasteiger partial charge < -0.3 is 4.42 Å². The third-order valence-electron chi connectivity index (χ3n) is 4.08. The number of rotatable bonds is 2. The third kappa shape index (κ3) is 2.27. The predicted octanol–water partition coefficient (Wildman–Crippen LogP) is 5.49. The summed E-state index contributed by atoms with van der Waals surface area (Å²) in [5.41, 5.74) is 0.580. The number of furan rings is 1. The summed E-state index contributed by atoms with van der Waals surface area (Å²) in [5, 5.41) is 2.46. The van der Waals surface area contributed by atoms with Crippen molar-refractivity contribution < 1.29 is 12.8 Å². The average Bonchev–Trinajstić information content (AvgIpc) is 2.92. The number of aryl methyl sites for hydroxylation is 1. The Labute approximate surface area is 148 Å². The lowest BCUT2D eigenvalue weighted by molar-refractivity contribution is 0.558. The number of hydrogen-bond donors (Lipinski definition) is 0. The number of sulfone groups is 1. The van der Waals surface area contributed by atoms with Crippen molar-refractivity contribution >= 4 is 47.5 Å². The Morgan fingerprint density at radius 1 is 0.958 bits per heavy atom. The van der Waals surface area contributed by atoms with E-state index in [-0.39, 0.29) is 9.79 Å². The first-order chi connectivity index (χ1) is 11.5. The van der Waals surface area contributed by atoms with Crippen LogP contribution in [-0.2, 0) is 9.84 Å². The van der Waals surface area contributed by atoms with E-state index in [1.807, 2.05) is 30.3 Å². The molecule has 0 radical (unpaired) electrons. The highest BCUT2D eigenvalue weighted by atomic mass is 79.9. The van der Waals surface area contributed by atoms with Crippen molar-refractivity contribution in [3.05, 3.63) is 70.9 Å². The summed E-state index contributed by atoms with van der Waals surface area (Å²) in [4.78, 5) is 0.515. The van der Waals surface area contributed by atoms with Gasteiger partial charge in [0.2, 0.25) is 9.84 Å². The van der Waals surface area contributed by atoms with Gasteiger partial charge in [-0.2, -0.15) is 0 Å². The van der Waals surface area contributed by atoms with E-state index in [0.717, 1.165) is 15.2 Å². The van der Waals surface area contributed by atoms with Gasteiger partial charge >= 0.3 is 0 Å². The number of halogens is 1. The van der Waals surface area contributed by atoms with E-state index in [4.69, 9.17) is 4.42 Å². The molecule has 0 aliphatic carbocycles. The SMILES string of the molecule is Cc1oc2ccc3cc(Br)ccc3c2c1S(=O)(=O)c1ccccc1. The Bertz CT molecular complexity index is 1180. The molecule has 1 heterocycles. The predicted molar refractivity (Wildman–Crippen MR) is 98.1 cm³/mol. The quantitative estimate of drug-likeness (QED) is 0.446. The molecular formula is C19H13BrO3S. The van der Waals surface area contributed by atoms with Crippen LogP contribution in [-0.4, -0.2) is 8.42 Å². The second-order valence-electron chi connectivity index (χ2n) is 5.61. The zero-order valence-electron chi connectivity index (χ0n) is 12.8. The molecule has 1 aromatic heterocycles. The van der Waals surface area contributed by atoms with Gasteiger partial charge in [0.1, 0.15) is 16.2 Å². The average molecular weight is 401 g/mol. The molecule has 0 saturated heterocycles. The van der Waals surface area contributed by atoms with E-state index in [1.54, 1.807) is 37.3 Å². The molecule has 0 atom stereocenters. The van der Waals surface area contributed by atoms with Gasteiger partial charge in [0, 0.05) is 9.86 Å². The molecule has 4 rings (SSSR count). The van der Waals surface area contributed by atoms with Crippen molar-refractivity contribution in [2.45, 2.75) is 16.7 Å². The van der Waals surface area contributed by atoms with Crippen LogP contribution in [0.3, 0.4) is 0 Å². The molecule has 0 fully saturated rings. The summed E-state index contributed by atoms with van der Waals surface area (Å²) in [7, 11) is -3.66. The Morgan fingerprint density at radius 2 is 1.71 bits per heavy atom. The van der Waals surface area contributed by atoms with E-state index < -0.39 is 9.84 Å². The van der Waals surface area contributed by atoms with E-state index >= 15 is 0 Å². The fraction of sp³-hybridized carbons (Fsp3) is 0.0526. The van der Waals surface area contributed by atoms with Crippen LogP contribution in [0, 0.1) is 6.92 Å². The highest BCUT2D eigenvalue weighted by Gasteiger charge is 2.27. The van der Waals surface area contributed by atoms with Crippen molar-refractivity contribution in [1.82, 2.24) is 0 Å². The molecule has 0 aliphatic heterocycles. The molecule has 0 amide bonds. The van der Waals surface area contributed by atoms with Gasteiger partial charge in [-0.3, -0.25) is 0 Å². The van der Waals surface area contributed by atoms with E-state index in [2.05, 4.69) is 15.9 Å². The van der Waals surface area contributed by atoms with Gasteiger partial charge in [-0.25, -0.2) is 8.42 Å². The minimum atomic E-state index is -3.66. The van der Waals surface area contributed by atoms with Crippen molar-refractivity contribution in [3.63, 3.8) is 0 Å². The van der Waals surface area contributed by atoms with Gasteiger partial charge in [-0.1, -0.05) is 46.3 Å². The van der Waals surface area contributed by atoms with Gasteiger partial charge in [-0.05, 0) is 48.0 Å². The number of benzene rings is 3. The second kappa shape index (κ2) is 5.46. The van der Waals surface area contributed by atoms with Gasteiger partial charge in [0.15, 0.2) is 0 Å². The molecule has 120 valence electrons. The van der Waals surface area contributed by atoms with Crippen LogP contribution in [0.4, 0.5) is 0 Å². The second-order valence-corrected chi connectivity index (χ2v) is 8.41. The first-order valence-electron chi connectivity index (χ1n) is 7.40. The highest BCUT2D eigenvalue weighted by Crippen LogP contribution is 2.38. The topological polar surface area (TPSA) is 47.3 Å². The van der Waals surface area contributed by atoms with Gasteiger partial charge in [-0.15, -0.1) is 0 Å². The Hall–Kier alpha value is -2.11. The lowest BCUT2D eigenvalue weighted by Crippen LogP contribution is -2.02. The summed E-state index contributed by atoms with van der Waals surface area (Å²) in [6, 6.07) is 18.0. The summed E-state index contributed by atoms with van der Waals surface area (Å²) in [5.74, 6) is 0.407. The Morgan fingerprint density at radius 3 is 2.46 bits per heavy atom. The maximum Gasteiger partial charge on any atom is 0.210 e. The Kier molecular flexibility index (Phi) is 3.51. The molecule has 3 nitrogen and oxygen atoms in total. The molecule has 0 bridgehead atoms. The third-order valence-corrected chi connectivity index (χ3v) is 6.49. The normalized spacial score (nSPS) is 12.1.